The summed E-state index contributed by atoms with van der Waals surface area (Å²) in [4.78, 5) is 0. The van der Waals surface area contributed by atoms with E-state index in [9.17, 15) is 0 Å². The van der Waals surface area contributed by atoms with Crippen LogP contribution in [0.15, 0.2) is 18.2 Å². The summed E-state index contributed by atoms with van der Waals surface area (Å²) in [5.74, 6) is 2.68. The van der Waals surface area contributed by atoms with Crippen LogP contribution in [0.4, 0.5) is 5.69 Å². The smallest absolute Gasteiger partial charge is 0.163 e. The van der Waals surface area contributed by atoms with E-state index >= 15 is 0 Å². The van der Waals surface area contributed by atoms with E-state index in [0.717, 1.165) is 23.1 Å². The Hall–Kier alpha value is -1.38. The maximum atomic E-state index is 5.65. The molecule has 0 radical (unpaired) electrons. The normalized spacial score (nSPS) is 25.9. The predicted molar refractivity (Wildman–Crippen MR) is 81.7 cm³/mol. The van der Waals surface area contributed by atoms with Gasteiger partial charge in [0.05, 0.1) is 0 Å². The molecule has 2 unspecified atom stereocenters. The number of fused-ring (bicyclic) bond motifs is 1. The zero-order valence-electron chi connectivity index (χ0n) is 12.4. The highest BCUT2D eigenvalue weighted by molar-refractivity contribution is 5.55. The van der Waals surface area contributed by atoms with Crippen molar-refractivity contribution in [1.29, 1.82) is 0 Å². The van der Waals surface area contributed by atoms with Gasteiger partial charge in [0.15, 0.2) is 11.5 Å². The van der Waals surface area contributed by atoms with E-state index in [1.807, 2.05) is 6.07 Å². The number of hydrogen-bond donors (Lipinski definition) is 1. The molecule has 0 amide bonds. The van der Waals surface area contributed by atoms with Crippen LogP contribution in [0.3, 0.4) is 0 Å². The van der Waals surface area contributed by atoms with Crippen molar-refractivity contribution in [3.8, 4) is 11.5 Å². The van der Waals surface area contributed by atoms with E-state index < -0.39 is 0 Å². The lowest BCUT2D eigenvalue weighted by Gasteiger charge is -2.22. The second kappa shape index (κ2) is 6.38. The molecule has 0 bridgehead atoms. The molecule has 2 aliphatic rings. The van der Waals surface area contributed by atoms with Crippen LogP contribution >= 0.6 is 0 Å². The lowest BCUT2D eigenvalue weighted by molar-refractivity contribution is 0.171. The zero-order valence-corrected chi connectivity index (χ0v) is 12.4. The first-order chi connectivity index (χ1) is 9.85. The Morgan fingerprint density at radius 3 is 2.75 bits per heavy atom. The van der Waals surface area contributed by atoms with Crippen molar-refractivity contribution in [3.05, 3.63) is 18.2 Å². The third kappa shape index (κ3) is 3.20. The number of rotatable bonds is 3. The van der Waals surface area contributed by atoms with Crippen LogP contribution in [0.1, 0.15) is 45.4 Å². The summed E-state index contributed by atoms with van der Waals surface area (Å²) in [6.07, 6.45) is 8.00. The topological polar surface area (TPSA) is 30.5 Å². The minimum absolute atomic E-state index is 0.606. The van der Waals surface area contributed by atoms with E-state index in [0.29, 0.717) is 19.3 Å². The molecule has 1 N–H and O–H groups in total. The number of hydrogen-bond acceptors (Lipinski definition) is 3. The fourth-order valence-corrected chi connectivity index (χ4v) is 3.30. The van der Waals surface area contributed by atoms with Crippen LogP contribution in [0, 0.1) is 5.92 Å². The highest BCUT2D eigenvalue weighted by Gasteiger charge is 2.18. The Morgan fingerprint density at radius 2 is 1.90 bits per heavy atom. The number of nitrogens with one attached hydrogen (secondary N) is 1. The first kappa shape index (κ1) is 13.6. The Kier molecular flexibility index (Phi) is 4.34. The summed E-state index contributed by atoms with van der Waals surface area (Å²) in [5.41, 5.74) is 1.16. The van der Waals surface area contributed by atoms with Crippen molar-refractivity contribution in [3.63, 3.8) is 0 Å². The van der Waals surface area contributed by atoms with E-state index in [1.54, 1.807) is 0 Å². The van der Waals surface area contributed by atoms with E-state index in [1.165, 1.54) is 38.5 Å². The molecule has 1 aromatic carbocycles. The molecule has 3 rings (SSSR count). The Bertz CT molecular complexity index is 447. The number of ether oxygens (including phenoxy) is 2. The molecule has 0 spiro atoms. The summed E-state index contributed by atoms with van der Waals surface area (Å²) in [7, 11) is 0. The van der Waals surface area contributed by atoms with Gasteiger partial charge in [0.1, 0.15) is 13.2 Å². The average molecular weight is 275 g/mol. The molecule has 1 fully saturated rings. The highest BCUT2D eigenvalue weighted by Crippen LogP contribution is 2.34. The zero-order chi connectivity index (χ0) is 13.8. The molecule has 20 heavy (non-hydrogen) atoms. The number of benzene rings is 1. The molecule has 1 aliphatic heterocycles. The summed E-state index contributed by atoms with van der Waals surface area (Å²) in [6, 6.07) is 6.81. The molecular weight excluding hydrogens is 250 g/mol. The summed E-state index contributed by atoms with van der Waals surface area (Å²) < 4.78 is 11.2. The molecule has 0 saturated heterocycles. The first-order valence-electron chi connectivity index (χ1n) is 8.01. The Labute approximate surface area is 121 Å². The third-order valence-corrected chi connectivity index (χ3v) is 4.58. The van der Waals surface area contributed by atoms with Crippen molar-refractivity contribution in [2.45, 2.75) is 51.5 Å². The predicted octanol–water partition coefficient (Wildman–Crippen LogP) is 4.23. The summed E-state index contributed by atoms with van der Waals surface area (Å²) >= 11 is 0. The van der Waals surface area contributed by atoms with Gasteiger partial charge in [-0.3, -0.25) is 0 Å². The van der Waals surface area contributed by atoms with Crippen molar-refractivity contribution in [2.24, 2.45) is 5.92 Å². The highest BCUT2D eigenvalue weighted by atomic mass is 16.6. The quantitative estimate of drug-likeness (QED) is 0.837. The van der Waals surface area contributed by atoms with Gasteiger partial charge in [-0.1, -0.05) is 26.2 Å². The lowest BCUT2D eigenvalue weighted by atomic mass is 9.98. The SMILES string of the molecule is CCC1CCCC(Nc2ccc3c(c2)OCCO3)CC1. The summed E-state index contributed by atoms with van der Waals surface area (Å²) in [6.45, 7) is 3.62. The van der Waals surface area contributed by atoms with E-state index in [-0.39, 0.29) is 0 Å². The second-order valence-corrected chi connectivity index (χ2v) is 5.98. The first-order valence-corrected chi connectivity index (χ1v) is 8.01. The van der Waals surface area contributed by atoms with Crippen LogP contribution in [0.5, 0.6) is 11.5 Å². The number of anilines is 1. The molecule has 0 aromatic heterocycles. The molecule has 110 valence electrons. The van der Waals surface area contributed by atoms with Gasteiger partial charge in [-0.05, 0) is 37.3 Å². The fourth-order valence-electron chi connectivity index (χ4n) is 3.30. The molecule has 1 aromatic rings. The molecule has 1 aliphatic carbocycles. The van der Waals surface area contributed by atoms with E-state index in [2.05, 4.69) is 24.4 Å². The Balaban J connectivity index is 1.62. The summed E-state index contributed by atoms with van der Waals surface area (Å²) in [5, 5.41) is 3.68. The molecule has 3 nitrogen and oxygen atoms in total. The maximum absolute atomic E-state index is 5.65. The molecule has 3 heteroatoms. The average Bonchev–Trinajstić information content (AvgIpc) is 2.72. The van der Waals surface area contributed by atoms with E-state index in [4.69, 9.17) is 9.47 Å². The van der Waals surface area contributed by atoms with Gasteiger partial charge in [0.25, 0.3) is 0 Å². The maximum Gasteiger partial charge on any atom is 0.163 e. The van der Waals surface area contributed by atoms with Gasteiger partial charge in [0.2, 0.25) is 0 Å². The minimum Gasteiger partial charge on any atom is -0.486 e. The van der Waals surface area contributed by atoms with Crippen LogP contribution in [0.2, 0.25) is 0 Å². The van der Waals surface area contributed by atoms with Crippen LogP contribution < -0.4 is 14.8 Å². The van der Waals surface area contributed by atoms with Gasteiger partial charge in [-0.2, -0.15) is 0 Å². The Morgan fingerprint density at radius 1 is 1.05 bits per heavy atom. The van der Waals surface area contributed by atoms with Gasteiger partial charge in [-0.25, -0.2) is 0 Å². The monoisotopic (exact) mass is 275 g/mol. The molecule has 1 saturated carbocycles. The molecule has 1 heterocycles. The van der Waals surface area contributed by atoms with Crippen molar-refractivity contribution < 1.29 is 9.47 Å². The second-order valence-electron chi connectivity index (χ2n) is 5.98. The van der Waals surface area contributed by atoms with Crippen LogP contribution in [0.25, 0.3) is 0 Å². The van der Waals surface area contributed by atoms with Crippen molar-refractivity contribution in [1.82, 2.24) is 0 Å². The van der Waals surface area contributed by atoms with Gasteiger partial charge < -0.3 is 14.8 Å². The van der Waals surface area contributed by atoms with Gasteiger partial charge in [-0.15, -0.1) is 0 Å². The standard InChI is InChI=1S/C17H25NO2/c1-2-13-4-3-5-14(7-6-13)18-15-8-9-16-17(12-15)20-11-10-19-16/h8-9,12-14,18H,2-7,10-11H2,1H3. The van der Waals surface area contributed by atoms with Gasteiger partial charge in [0, 0.05) is 17.8 Å². The lowest BCUT2D eigenvalue weighted by Crippen LogP contribution is -2.19. The van der Waals surface area contributed by atoms with Crippen molar-refractivity contribution in [2.75, 3.05) is 18.5 Å². The van der Waals surface area contributed by atoms with Gasteiger partial charge >= 0.3 is 0 Å². The van der Waals surface area contributed by atoms with Crippen LogP contribution in [-0.2, 0) is 0 Å². The van der Waals surface area contributed by atoms with Crippen molar-refractivity contribution >= 4 is 5.69 Å². The fraction of sp³-hybridized carbons (Fsp3) is 0.647. The third-order valence-electron chi connectivity index (χ3n) is 4.58. The molecular formula is C17H25NO2. The molecule has 2 atom stereocenters. The minimum atomic E-state index is 0.606. The van der Waals surface area contributed by atoms with Crippen LogP contribution in [-0.4, -0.2) is 19.3 Å². The largest absolute Gasteiger partial charge is 0.486 e.